The lowest BCUT2D eigenvalue weighted by molar-refractivity contribution is 0.0390. The summed E-state index contributed by atoms with van der Waals surface area (Å²) in [4.78, 5) is 0. The smallest absolute Gasteiger partial charge is 0.0509 e. The van der Waals surface area contributed by atoms with Crippen LogP contribution in [0.4, 0.5) is 0 Å². The first-order valence-electron chi connectivity index (χ1n) is 5.86. The minimum absolute atomic E-state index is 0.0508. The number of hydrogen-bond donors (Lipinski definition) is 2. The summed E-state index contributed by atoms with van der Waals surface area (Å²) in [6.45, 7) is 2.18. The lowest BCUT2D eigenvalue weighted by Crippen LogP contribution is -2.30. The van der Waals surface area contributed by atoms with Crippen molar-refractivity contribution < 1.29 is 10.2 Å². The summed E-state index contributed by atoms with van der Waals surface area (Å²) < 4.78 is 1.84. The SMILES string of the molecule is CCCC(CO)(CO)CCc1ccnn1C. The average Bonchev–Trinajstić information content (AvgIpc) is 2.70. The van der Waals surface area contributed by atoms with E-state index >= 15 is 0 Å². The molecule has 0 bridgehead atoms. The Kier molecular flexibility index (Phi) is 4.96. The van der Waals surface area contributed by atoms with Gasteiger partial charge in [0.1, 0.15) is 0 Å². The van der Waals surface area contributed by atoms with Crippen molar-refractivity contribution in [3.8, 4) is 0 Å². The fraction of sp³-hybridized carbons (Fsp3) is 0.750. The van der Waals surface area contributed by atoms with Crippen LogP contribution in [0.2, 0.25) is 0 Å². The summed E-state index contributed by atoms with van der Waals surface area (Å²) in [5, 5.41) is 23.0. The van der Waals surface area contributed by atoms with Gasteiger partial charge in [0.2, 0.25) is 0 Å². The van der Waals surface area contributed by atoms with Crippen LogP contribution in [0, 0.1) is 5.41 Å². The van der Waals surface area contributed by atoms with E-state index in [1.54, 1.807) is 6.20 Å². The highest BCUT2D eigenvalue weighted by Crippen LogP contribution is 2.28. The van der Waals surface area contributed by atoms with Gasteiger partial charge in [0.25, 0.3) is 0 Å². The standard InChI is InChI=1S/C12H22N2O2/c1-3-6-12(9-15,10-16)7-4-11-5-8-13-14(11)2/h5,8,15-16H,3-4,6-7,9-10H2,1-2H3. The number of aliphatic hydroxyl groups excluding tert-OH is 2. The molecule has 16 heavy (non-hydrogen) atoms. The number of aryl methyl sites for hydroxylation is 2. The van der Waals surface area contributed by atoms with Gasteiger partial charge in [0.15, 0.2) is 0 Å². The highest BCUT2D eigenvalue weighted by atomic mass is 16.3. The highest BCUT2D eigenvalue weighted by Gasteiger charge is 2.27. The van der Waals surface area contributed by atoms with Crippen LogP contribution in [0.15, 0.2) is 12.3 Å². The Hall–Kier alpha value is -0.870. The van der Waals surface area contributed by atoms with Gasteiger partial charge in [-0.2, -0.15) is 5.10 Å². The molecular formula is C12H22N2O2. The highest BCUT2D eigenvalue weighted by molar-refractivity contribution is 5.01. The van der Waals surface area contributed by atoms with Crippen molar-refractivity contribution >= 4 is 0 Å². The van der Waals surface area contributed by atoms with Crippen LogP contribution in [0.5, 0.6) is 0 Å². The summed E-state index contributed by atoms with van der Waals surface area (Å²) in [7, 11) is 1.91. The molecule has 2 N–H and O–H groups in total. The Bertz CT molecular complexity index is 306. The van der Waals surface area contributed by atoms with Gasteiger partial charge < -0.3 is 10.2 Å². The minimum atomic E-state index is -0.334. The van der Waals surface area contributed by atoms with Crippen molar-refractivity contribution in [2.75, 3.05) is 13.2 Å². The molecule has 92 valence electrons. The second-order valence-corrected chi connectivity index (χ2v) is 4.51. The monoisotopic (exact) mass is 226 g/mol. The van der Waals surface area contributed by atoms with Crippen LogP contribution >= 0.6 is 0 Å². The summed E-state index contributed by atoms with van der Waals surface area (Å²) in [5.41, 5.74) is 0.807. The van der Waals surface area contributed by atoms with Gasteiger partial charge in [-0.1, -0.05) is 13.3 Å². The Balaban J connectivity index is 2.59. The maximum absolute atomic E-state index is 9.42. The molecule has 0 saturated heterocycles. The fourth-order valence-electron chi connectivity index (χ4n) is 2.06. The molecule has 0 amide bonds. The van der Waals surface area contributed by atoms with Gasteiger partial charge >= 0.3 is 0 Å². The van der Waals surface area contributed by atoms with Crippen LogP contribution in [0.1, 0.15) is 31.9 Å². The van der Waals surface area contributed by atoms with E-state index in [1.165, 1.54) is 0 Å². The number of aromatic nitrogens is 2. The molecule has 0 aromatic carbocycles. The van der Waals surface area contributed by atoms with E-state index in [0.29, 0.717) is 0 Å². The summed E-state index contributed by atoms with van der Waals surface area (Å²) in [5.74, 6) is 0. The molecule has 0 aliphatic rings. The van der Waals surface area contributed by atoms with Crippen molar-refractivity contribution in [2.24, 2.45) is 12.5 Å². The Labute approximate surface area is 96.9 Å². The molecular weight excluding hydrogens is 204 g/mol. The zero-order valence-electron chi connectivity index (χ0n) is 10.2. The molecule has 0 radical (unpaired) electrons. The van der Waals surface area contributed by atoms with Crippen molar-refractivity contribution in [2.45, 2.75) is 32.6 Å². The van der Waals surface area contributed by atoms with Crippen molar-refractivity contribution in [1.29, 1.82) is 0 Å². The largest absolute Gasteiger partial charge is 0.396 e. The molecule has 1 rings (SSSR count). The number of rotatable bonds is 7. The van der Waals surface area contributed by atoms with Crippen molar-refractivity contribution in [3.63, 3.8) is 0 Å². The fourth-order valence-corrected chi connectivity index (χ4v) is 2.06. The van der Waals surface area contributed by atoms with Gasteiger partial charge in [-0.15, -0.1) is 0 Å². The maximum Gasteiger partial charge on any atom is 0.0509 e. The lowest BCUT2D eigenvalue weighted by atomic mass is 9.80. The van der Waals surface area contributed by atoms with E-state index in [9.17, 15) is 10.2 Å². The third-order valence-electron chi connectivity index (χ3n) is 3.29. The quantitative estimate of drug-likeness (QED) is 0.732. The molecule has 0 aliphatic carbocycles. The van der Waals surface area contributed by atoms with Gasteiger partial charge in [-0.25, -0.2) is 0 Å². The second kappa shape index (κ2) is 6.01. The van der Waals surface area contributed by atoms with Crippen LogP contribution in [0.3, 0.4) is 0 Å². The third-order valence-corrected chi connectivity index (χ3v) is 3.29. The van der Waals surface area contributed by atoms with E-state index < -0.39 is 0 Å². The zero-order chi connectivity index (χ0) is 12.0. The van der Waals surface area contributed by atoms with Gasteiger partial charge in [0.05, 0.1) is 13.2 Å². The molecule has 4 heteroatoms. The molecule has 0 unspecified atom stereocenters. The first-order chi connectivity index (χ1) is 7.67. The molecule has 1 aromatic heterocycles. The molecule has 0 spiro atoms. The van der Waals surface area contributed by atoms with E-state index in [-0.39, 0.29) is 18.6 Å². The predicted molar refractivity (Wildman–Crippen MR) is 63.0 cm³/mol. The Morgan fingerprint density at radius 2 is 2.00 bits per heavy atom. The first kappa shape index (κ1) is 13.2. The predicted octanol–water partition coefficient (Wildman–Crippen LogP) is 1.12. The van der Waals surface area contributed by atoms with E-state index in [0.717, 1.165) is 31.4 Å². The normalized spacial score (nSPS) is 12.0. The topological polar surface area (TPSA) is 58.3 Å². The van der Waals surface area contributed by atoms with Crippen LogP contribution in [0.25, 0.3) is 0 Å². The second-order valence-electron chi connectivity index (χ2n) is 4.51. The summed E-state index contributed by atoms with van der Waals surface area (Å²) in [6.07, 6.45) is 5.25. The van der Waals surface area contributed by atoms with Crippen molar-refractivity contribution in [1.82, 2.24) is 9.78 Å². The lowest BCUT2D eigenvalue weighted by Gasteiger charge is -2.29. The molecule has 0 aliphatic heterocycles. The molecule has 1 aromatic rings. The average molecular weight is 226 g/mol. The number of aliphatic hydroxyl groups is 2. The Morgan fingerprint density at radius 1 is 1.31 bits per heavy atom. The molecule has 4 nitrogen and oxygen atoms in total. The molecule has 0 saturated carbocycles. The van der Waals surface area contributed by atoms with Crippen LogP contribution in [-0.2, 0) is 13.5 Å². The molecule has 1 heterocycles. The van der Waals surface area contributed by atoms with Gasteiger partial charge in [-0.05, 0) is 25.3 Å². The Morgan fingerprint density at radius 3 is 2.44 bits per heavy atom. The van der Waals surface area contributed by atoms with E-state index in [4.69, 9.17) is 0 Å². The summed E-state index contributed by atoms with van der Waals surface area (Å²) >= 11 is 0. The van der Waals surface area contributed by atoms with E-state index in [2.05, 4.69) is 12.0 Å². The minimum Gasteiger partial charge on any atom is -0.396 e. The van der Waals surface area contributed by atoms with Gasteiger partial charge in [0, 0.05) is 24.4 Å². The van der Waals surface area contributed by atoms with Crippen LogP contribution < -0.4 is 0 Å². The molecule has 0 atom stereocenters. The summed E-state index contributed by atoms with van der Waals surface area (Å²) in [6, 6.07) is 1.98. The molecule has 0 fully saturated rings. The number of nitrogens with zero attached hydrogens (tertiary/aromatic N) is 2. The van der Waals surface area contributed by atoms with Crippen LogP contribution in [-0.4, -0.2) is 33.2 Å². The van der Waals surface area contributed by atoms with E-state index in [1.807, 2.05) is 17.8 Å². The van der Waals surface area contributed by atoms with Gasteiger partial charge in [-0.3, -0.25) is 4.68 Å². The van der Waals surface area contributed by atoms with Crippen molar-refractivity contribution in [3.05, 3.63) is 18.0 Å². The first-order valence-corrected chi connectivity index (χ1v) is 5.86. The zero-order valence-corrected chi connectivity index (χ0v) is 10.2. The maximum atomic E-state index is 9.42. The third kappa shape index (κ3) is 3.06. The number of hydrogen-bond acceptors (Lipinski definition) is 3.